The second kappa shape index (κ2) is 6.78. The summed E-state index contributed by atoms with van der Waals surface area (Å²) >= 11 is 0. The van der Waals surface area contributed by atoms with Gasteiger partial charge in [-0.25, -0.2) is 4.98 Å². The van der Waals surface area contributed by atoms with Crippen LogP contribution in [0.25, 0.3) is 11.1 Å². The maximum Gasteiger partial charge on any atom is 0.272 e. The topological polar surface area (TPSA) is 66.8 Å². The Bertz CT molecular complexity index is 908. The molecule has 3 aromatic rings. The highest BCUT2D eigenvalue weighted by Gasteiger charge is 2.29. The molecule has 0 bridgehead atoms. The molecule has 1 amide bonds. The van der Waals surface area contributed by atoms with Crippen LogP contribution in [0.3, 0.4) is 0 Å². The molecule has 0 aliphatic carbocycles. The van der Waals surface area contributed by atoms with Crippen LogP contribution in [0.5, 0.6) is 0 Å². The van der Waals surface area contributed by atoms with E-state index in [1.807, 2.05) is 18.1 Å². The number of aromatic amines is 1. The number of imidazole rings is 1. The number of amides is 1. The molecule has 2 aromatic heterocycles. The molecule has 1 N–H and O–H groups in total. The van der Waals surface area contributed by atoms with E-state index in [0.717, 1.165) is 36.2 Å². The van der Waals surface area contributed by atoms with Crippen LogP contribution in [0.1, 0.15) is 40.5 Å². The summed E-state index contributed by atoms with van der Waals surface area (Å²) in [6, 6.07) is 8.49. The first-order chi connectivity index (χ1) is 12.6. The van der Waals surface area contributed by atoms with Crippen LogP contribution in [-0.4, -0.2) is 43.6 Å². The third-order valence-corrected chi connectivity index (χ3v) is 5.18. The van der Waals surface area contributed by atoms with E-state index in [0.29, 0.717) is 12.2 Å². The lowest BCUT2D eigenvalue weighted by molar-refractivity contribution is 0.0696. The van der Waals surface area contributed by atoms with E-state index in [2.05, 4.69) is 46.4 Å². The van der Waals surface area contributed by atoms with Crippen molar-refractivity contribution in [3.8, 4) is 11.1 Å². The molecule has 1 aliphatic heterocycles. The molecule has 134 valence electrons. The highest BCUT2D eigenvalue weighted by Crippen LogP contribution is 2.33. The van der Waals surface area contributed by atoms with E-state index in [-0.39, 0.29) is 11.8 Å². The van der Waals surface area contributed by atoms with Crippen LogP contribution in [0.4, 0.5) is 0 Å². The lowest BCUT2D eigenvalue weighted by atomic mass is 9.90. The standard InChI is InChI=1S/C20H23N5O/c1-14-5-7-15(8-6-14)17-10-22-23-19(17)16-4-3-9-25(12-16)20(26)18-11-21-13-24(18)2/h5-8,10-11,13,16H,3-4,9,12H2,1-2H3,(H,22,23)/t16-/m1/s1. The summed E-state index contributed by atoms with van der Waals surface area (Å²) in [5, 5.41) is 7.48. The van der Waals surface area contributed by atoms with Gasteiger partial charge in [0.25, 0.3) is 5.91 Å². The van der Waals surface area contributed by atoms with Crippen molar-refractivity contribution in [2.45, 2.75) is 25.7 Å². The number of carbonyl (C=O) groups excluding carboxylic acids is 1. The summed E-state index contributed by atoms with van der Waals surface area (Å²) < 4.78 is 1.78. The van der Waals surface area contributed by atoms with E-state index < -0.39 is 0 Å². The molecule has 6 heteroatoms. The van der Waals surface area contributed by atoms with Crippen molar-refractivity contribution in [1.82, 2.24) is 24.6 Å². The fourth-order valence-electron chi connectivity index (χ4n) is 3.69. The number of hydrogen-bond donors (Lipinski definition) is 1. The summed E-state index contributed by atoms with van der Waals surface area (Å²) in [4.78, 5) is 18.8. The van der Waals surface area contributed by atoms with Gasteiger partial charge in [-0.3, -0.25) is 9.89 Å². The molecule has 3 heterocycles. The van der Waals surface area contributed by atoms with Crippen molar-refractivity contribution in [1.29, 1.82) is 0 Å². The molecule has 1 saturated heterocycles. The van der Waals surface area contributed by atoms with Gasteiger partial charge < -0.3 is 9.47 Å². The molecule has 1 fully saturated rings. The lowest BCUT2D eigenvalue weighted by Crippen LogP contribution is -2.40. The van der Waals surface area contributed by atoms with Crippen molar-refractivity contribution in [2.24, 2.45) is 7.05 Å². The molecule has 1 aliphatic rings. The Morgan fingerprint density at radius 2 is 2.04 bits per heavy atom. The van der Waals surface area contributed by atoms with Crippen LogP contribution < -0.4 is 0 Å². The number of aryl methyl sites for hydroxylation is 2. The first kappa shape index (κ1) is 16.6. The van der Waals surface area contributed by atoms with Gasteiger partial charge in [0.1, 0.15) is 5.69 Å². The number of aromatic nitrogens is 4. The highest BCUT2D eigenvalue weighted by atomic mass is 16.2. The molecular formula is C20H23N5O. The first-order valence-electron chi connectivity index (χ1n) is 8.99. The van der Waals surface area contributed by atoms with Gasteiger partial charge in [-0.1, -0.05) is 29.8 Å². The number of H-pyrrole nitrogens is 1. The second-order valence-electron chi connectivity index (χ2n) is 7.04. The van der Waals surface area contributed by atoms with E-state index in [9.17, 15) is 4.79 Å². The summed E-state index contributed by atoms with van der Waals surface area (Å²) in [6.45, 7) is 3.57. The minimum absolute atomic E-state index is 0.0473. The Morgan fingerprint density at radius 1 is 1.23 bits per heavy atom. The van der Waals surface area contributed by atoms with Crippen molar-refractivity contribution >= 4 is 5.91 Å². The second-order valence-corrected chi connectivity index (χ2v) is 7.04. The smallest absolute Gasteiger partial charge is 0.272 e. The van der Waals surface area contributed by atoms with Crippen molar-refractivity contribution < 1.29 is 4.79 Å². The Hall–Kier alpha value is -2.89. The van der Waals surface area contributed by atoms with Gasteiger partial charge in [0.2, 0.25) is 0 Å². The van der Waals surface area contributed by atoms with Crippen molar-refractivity contribution in [3.63, 3.8) is 0 Å². The maximum atomic E-state index is 12.8. The van der Waals surface area contributed by atoms with E-state index in [1.54, 1.807) is 17.1 Å². The molecule has 1 aromatic carbocycles. The molecule has 26 heavy (non-hydrogen) atoms. The zero-order chi connectivity index (χ0) is 18.1. The van der Waals surface area contributed by atoms with E-state index in [4.69, 9.17) is 0 Å². The minimum atomic E-state index is 0.0473. The van der Waals surface area contributed by atoms with Crippen LogP contribution in [-0.2, 0) is 7.05 Å². The van der Waals surface area contributed by atoms with Crippen LogP contribution in [0.15, 0.2) is 43.0 Å². The molecule has 0 radical (unpaired) electrons. The third kappa shape index (κ3) is 3.03. The predicted octanol–water partition coefficient (Wildman–Crippen LogP) is 3.14. The maximum absolute atomic E-state index is 12.8. The number of likely N-dealkylation sites (tertiary alicyclic amines) is 1. The number of benzene rings is 1. The van der Waals surface area contributed by atoms with Gasteiger partial charge in [0.15, 0.2) is 0 Å². The molecular weight excluding hydrogens is 326 g/mol. The summed E-state index contributed by atoms with van der Waals surface area (Å²) in [7, 11) is 1.85. The monoisotopic (exact) mass is 349 g/mol. The SMILES string of the molecule is Cc1ccc(-c2cn[nH]c2[C@@H]2CCCN(C(=O)c3cncn3C)C2)cc1. The normalized spacial score (nSPS) is 17.5. The zero-order valence-corrected chi connectivity index (χ0v) is 15.1. The minimum Gasteiger partial charge on any atom is -0.337 e. The molecule has 0 saturated carbocycles. The van der Waals surface area contributed by atoms with Gasteiger partial charge in [0, 0.05) is 37.3 Å². The Kier molecular flexibility index (Phi) is 4.32. The summed E-state index contributed by atoms with van der Waals surface area (Å²) in [6.07, 6.45) is 7.23. The molecule has 0 spiro atoms. The number of nitrogens with one attached hydrogen (secondary N) is 1. The molecule has 1 atom stereocenters. The van der Waals surface area contributed by atoms with Gasteiger partial charge in [0.05, 0.1) is 18.7 Å². The van der Waals surface area contributed by atoms with Crippen LogP contribution in [0, 0.1) is 6.92 Å². The summed E-state index contributed by atoms with van der Waals surface area (Å²) in [5.41, 5.74) is 5.29. The van der Waals surface area contributed by atoms with Gasteiger partial charge >= 0.3 is 0 Å². The van der Waals surface area contributed by atoms with Gasteiger partial charge in [-0.2, -0.15) is 5.10 Å². The Balaban J connectivity index is 1.57. The number of piperidine rings is 1. The molecule has 6 nitrogen and oxygen atoms in total. The predicted molar refractivity (Wildman–Crippen MR) is 99.8 cm³/mol. The fourth-order valence-corrected chi connectivity index (χ4v) is 3.69. The van der Waals surface area contributed by atoms with Crippen molar-refractivity contribution in [2.75, 3.05) is 13.1 Å². The number of carbonyl (C=O) groups is 1. The third-order valence-electron chi connectivity index (χ3n) is 5.18. The number of nitrogens with zero attached hydrogens (tertiary/aromatic N) is 4. The van der Waals surface area contributed by atoms with Crippen molar-refractivity contribution in [3.05, 3.63) is 59.9 Å². The Labute approximate surface area is 152 Å². The fraction of sp³-hybridized carbons (Fsp3) is 0.350. The van der Waals surface area contributed by atoms with Crippen LogP contribution in [0.2, 0.25) is 0 Å². The van der Waals surface area contributed by atoms with E-state index >= 15 is 0 Å². The van der Waals surface area contributed by atoms with E-state index in [1.165, 1.54) is 5.56 Å². The average Bonchev–Trinajstić information content (AvgIpc) is 3.31. The molecule has 0 unspecified atom stereocenters. The van der Waals surface area contributed by atoms with Gasteiger partial charge in [-0.15, -0.1) is 0 Å². The number of hydrogen-bond acceptors (Lipinski definition) is 3. The quantitative estimate of drug-likeness (QED) is 0.790. The largest absolute Gasteiger partial charge is 0.337 e. The van der Waals surface area contributed by atoms with Gasteiger partial charge in [-0.05, 0) is 25.3 Å². The first-order valence-corrected chi connectivity index (χ1v) is 8.99. The molecule has 4 rings (SSSR count). The summed E-state index contributed by atoms with van der Waals surface area (Å²) in [5.74, 6) is 0.311. The average molecular weight is 349 g/mol. The van der Waals surface area contributed by atoms with Crippen LogP contribution >= 0.6 is 0 Å². The lowest BCUT2D eigenvalue weighted by Gasteiger charge is -2.32. The number of rotatable bonds is 3. The Morgan fingerprint density at radius 3 is 2.77 bits per heavy atom. The zero-order valence-electron chi connectivity index (χ0n) is 15.1. The highest BCUT2D eigenvalue weighted by molar-refractivity contribution is 5.92.